The van der Waals surface area contributed by atoms with Gasteiger partial charge >= 0.3 is 0 Å². The van der Waals surface area contributed by atoms with Gasteiger partial charge in [0.1, 0.15) is 4.32 Å². The molecule has 1 fully saturated rings. The molecule has 1 aliphatic heterocycles. The van der Waals surface area contributed by atoms with Crippen LogP contribution in [0.3, 0.4) is 0 Å². The zero-order valence-electron chi connectivity index (χ0n) is 15.3. The SMILES string of the molecule is C=CCN1C(=O)/C(=C\c2cc(C)n(-c3ccc(CC)cc3)c2C)SC1=S. The van der Waals surface area contributed by atoms with Crippen molar-refractivity contribution < 1.29 is 4.79 Å². The molecule has 1 aromatic heterocycles. The first kappa shape index (κ1) is 18.7. The topological polar surface area (TPSA) is 25.2 Å². The number of benzene rings is 1. The molecule has 3 rings (SSSR count). The fraction of sp³-hybridized carbons (Fsp3) is 0.238. The Morgan fingerprint density at radius 3 is 2.54 bits per heavy atom. The fourth-order valence-electron chi connectivity index (χ4n) is 3.14. The van der Waals surface area contributed by atoms with Crippen LogP contribution in [0.2, 0.25) is 0 Å². The van der Waals surface area contributed by atoms with Crippen LogP contribution in [0.25, 0.3) is 11.8 Å². The van der Waals surface area contributed by atoms with Gasteiger partial charge in [-0.3, -0.25) is 9.69 Å². The molecule has 1 amide bonds. The van der Waals surface area contributed by atoms with Gasteiger partial charge in [-0.25, -0.2) is 0 Å². The molecule has 0 bridgehead atoms. The van der Waals surface area contributed by atoms with Gasteiger partial charge in [0.05, 0.1) is 4.91 Å². The summed E-state index contributed by atoms with van der Waals surface area (Å²) in [7, 11) is 0. The van der Waals surface area contributed by atoms with Crippen molar-refractivity contribution in [3.8, 4) is 5.69 Å². The van der Waals surface area contributed by atoms with Gasteiger partial charge in [-0.2, -0.15) is 0 Å². The molecule has 26 heavy (non-hydrogen) atoms. The lowest BCUT2D eigenvalue weighted by molar-refractivity contribution is -0.121. The molecule has 1 saturated heterocycles. The molecule has 2 aromatic rings. The van der Waals surface area contributed by atoms with Gasteiger partial charge in [0.25, 0.3) is 5.91 Å². The van der Waals surface area contributed by atoms with Crippen LogP contribution in [0, 0.1) is 13.8 Å². The second-order valence-electron chi connectivity index (χ2n) is 6.26. The molecule has 3 nitrogen and oxygen atoms in total. The lowest BCUT2D eigenvalue weighted by Crippen LogP contribution is -2.27. The number of aromatic nitrogens is 1. The number of aryl methyl sites for hydroxylation is 2. The summed E-state index contributed by atoms with van der Waals surface area (Å²) in [5.74, 6) is -0.0444. The summed E-state index contributed by atoms with van der Waals surface area (Å²) in [5.41, 5.74) is 5.75. The summed E-state index contributed by atoms with van der Waals surface area (Å²) in [6, 6.07) is 10.7. The van der Waals surface area contributed by atoms with E-state index < -0.39 is 0 Å². The van der Waals surface area contributed by atoms with Gasteiger partial charge in [0.2, 0.25) is 0 Å². The maximum Gasteiger partial charge on any atom is 0.266 e. The van der Waals surface area contributed by atoms with Crippen LogP contribution in [0.15, 0.2) is 47.9 Å². The van der Waals surface area contributed by atoms with Crippen LogP contribution in [0.4, 0.5) is 0 Å². The molecular formula is C21H22N2OS2. The fourth-order valence-corrected chi connectivity index (χ4v) is 4.41. The van der Waals surface area contributed by atoms with E-state index in [0.29, 0.717) is 15.8 Å². The smallest absolute Gasteiger partial charge is 0.266 e. The lowest BCUT2D eigenvalue weighted by Gasteiger charge is -2.11. The van der Waals surface area contributed by atoms with Crippen LogP contribution in [0.5, 0.6) is 0 Å². The predicted octanol–water partition coefficient (Wildman–Crippen LogP) is 5.04. The molecule has 1 aliphatic rings. The number of hydrogen-bond donors (Lipinski definition) is 0. The third kappa shape index (κ3) is 3.41. The van der Waals surface area contributed by atoms with Gasteiger partial charge in [-0.15, -0.1) is 6.58 Å². The zero-order valence-corrected chi connectivity index (χ0v) is 16.9. The van der Waals surface area contributed by atoms with Crippen molar-refractivity contribution in [1.29, 1.82) is 0 Å². The van der Waals surface area contributed by atoms with Crippen molar-refractivity contribution in [2.45, 2.75) is 27.2 Å². The largest absolute Gasteiger partial charge is 0.318 e. The van der Waals surface area contributed by atoms with Crippen LogP contribution >= 0.6 is 24.0 Å². The predicted molar refractivity (Wildman–Crippen MR) is 115 cm³/mol. The average Bonchev–Trinajstić information content (AvgIpc) is 3.05. The Kier molecular flexibility index (Phi) is 5.49. The Balaban J connectivity index is 1.96. The van der Waals surface area contributed by atoms with Crippen LogP contribution in [0.1, 0.15) is 29.4 Å². The lowest BCUT2D eigenvalue weighted by atomic mass is 10.1. The van der Waals surface area contributed by atoms with Crippen LogP contribution < -0.4 is 0 Å². The van der Waals surface area contributed by atoms with Crippen molar-refractivity contribution in [3.05, 3.63) is 70.4 Å². The molecule has 0 atom stereocenters. The monoisotopic (exact) mass is 382 g/mol. The van der Waals surface area contributed by atoms with E-state index in [-0.39, 0.29) is 5.91 Å². The van der Waals surface area contributed by atoms with Crippen LogP contribution in [-0.4, -0.2) is 26.2 Å². The van der Waals surface area contributed by atoms with E-state index in [1.807, 2.05) is 6.08 Å². The summed E-state index contributed by atoms with van der Waals surface area (Å²) in [5, 5.41) is 0. The number of thioether (sulfide) groups is 1. The third-order valence-electron chi connectivity index (χ3n) is 4.54. The third-order valence-corrected chi connectivity index (χ3v) is 5.92. The maximum atomic E-state index is 12.5. The standard InChI is InChI=1S/C21H22N2OS2/c1-5-11-22-20(24)19(26-21(22)25)13-17-12-14(3)23(15(17)4)18-9-7-16(6-2)8-10-18/h5,7-10,12-13H,1,6,11H2,2-4H3/b19-13+. The van der Waals surface area contributed by atoms with Gasteiger partial charge in [0, 0.05) is 23.6 Å². The molecule has 0 N–H and O–H groups in total. The highest BCUT2D eigenvalue weighted by molar-refractivity contribution is 8.26. The van der Waals surface area contributed by atoms with Crippen molar-refractivity contribution in [1.82, 2.24) is 9.47 Å². The first-order valence-corrected chi connectivity index (χ1v) is 9.83. The minimum atomic E-state index is -0.0444. The number of thiocarbonyl (C=S) groups is 1. The first-order valence-electron chi connectivity index (χ1n) is 8.60. The van der Waals surface area contributed by atoms with E-state index in [9.17, 15) is 4.79 Å². The quantitative estimate of drug-likeness (QED) is 0.411. The highest BCUT2D eigenvalue weighted by Crippen LogP contribution is 2.34. The van der Waals surface area contributed by atoms with Crippen molar-refractivity contribution in [3.63, 3.8) is 0 Å². The molecule has 0 unspecified atom stereocenters. The Bertz CT molecular complexity index is 907. The highest BCUT2D eigenvalue weighted by Gasteiger charge is 2.31. The number of amides is 1. The number of carbonyl (C=O) groups is 1. The van der Waals surface area contributed by atoms with E-state index in [2.05, 4.69) is 62.2 Å². The Labute approximate surface area is 164 Å². The van der Waals surface area contributed by atoms with Crippen molar-refractivity contribution in [2.75, 3.05) is 6.54 Å². The molecule has 0 saturated carbocycles. The van der Waals surface area contributed by atoms with E-state index in [1.165, 1.54) is 17.3 Å². The summed E-state index contributed by atoms with van der Waals surface area (Å²) >= 11 is 6.67. The molecule has 0 spiro atoms. The van der Waals surface area contributed by atoms with E-state index in [4.69, 9.17) is 12.2 Å². The van der Waals surface area contributed by atoms with Crippen molar-refractivity contribution >= 4 is 40.3 Å². The summed E-state index contributed by atoms with van der Waals surface area (Å²) < 4.78 is 2.81. The van der Waals surface area contributed by atoms with E-state index in [0.717, 1.165) is 29.1 Å². The molecule has 5 heteroatoms. The normalized spacial score (nSPS) is 16.0. The number of nitrogens with zero attached hydrogens (tertiary/aromatic N) is 2. The Morgan fingerprint density at radius 1 is 1.23 bits per heavy atom. The van der Waals surface area contributed by atoms with Gasteiger partial charge in [-0.1, -0.05) is 49.1 Å². The molecule has 0 aliphatic carbocycles. The number of carbonyl (C=O) groups excluding carboxylic acids is 1. The minimum absolute atomic E-state index is 0.0444. The Hall–Kier alpha value is -2.11. The second kappa shape index (κ2) is 7.64. The maximum absolute atomic E-state index is 12.5. The van der Waals surface area contributed by atoms with E-state index >= 15 is 0 Å². The summed E-state index contributed by atoms with van der Waals surface area (Å²) in [6.45, 7) is 10.5. The number of rotatable bonds is 5. The zero-order chi connectivity index (χ0) is 18.8. The Morgan fingerprint density at radius 2 is 1.92 bits per heavy atom. The van der Waals surface area contributed by atoms with Crippen LogP contribution in [-0.2, 0) is 11.2 Å². The van der Waals surface area contributed by atoms with Gasteiger partial charge in [0.15, 0.2) is 0 Å². The number of hydrogen-bond acceptors (Lipinski definition) is 3. The van der Waals surface area contributed by atoms with E-state index in [1.54, 1.807) is 11.0 Å². The van der Waals surface area contributed by atoms with Gasteiger partial charge in [-0.05, 0) is 55.7 Å². The highest BCUT2D eigenvalue weighted by atomic mass is 32.2. The van der Waals surface area contributed by atoms with Gasteiger partial charge < -0.3 is 4.57 Å². The molecule has 1 aromatic carbocycles. The average molecular weight is 383 g/mol. The van der Waals surface area contributed by atoms with Crippen molar-refractivity contribution in [2.24, 2.45) is 0 Å². The summed E-state index contributed by atoms with van der Waals surface area (Å²) in [6.07, 6.45) is 4.67. The molecule has 0 radical (unpaired) electrons. The minimum Gasteiger partial charge on any atom is -0.318 e. The second-order valence-corrected chi connectivity index (χ2v) is 7.94. The summed E-state index contributed by atoms with van der Waals surface area (Å²) in [4.78, 5) is 14.8. The first-order chi connectivity index (χ1) is 12.5. The molecule has 2 heterocycles. The molecular weight excluding hydrogens is 360 g/mol. The molecule has 134 valence electrons.